The molecule has 1 aromatic heterocycles. The molecule has 1 aliphatic heterocycles. The zero-order valence-corrected chi connectivity index (χ0v) is 19.3. The van der Waals surface area contributed by atoms with Gasteiger partial charge in [0.2, 0.25) is 0 Å². The van der Waals surface area contributed by atoms with Crippen molar-refractivity contribution in [3.8, 4) is 5.75 Å². The standard InChI is InChI=1S/C25H27ClN2O2S/c1-18-13-22(9-10-23(18)26)30-16-20-14-24(31-17-20)25(29)27-21-7-5-19(6-8-21)15-28-11-3-2-4-12-28/h5-10,13-14,17H,2-4,11-12,15-16H2,1H3,(H,27,29). The van der Waals surface area contributed by atoms with E-state index in [2.05, 4.69) is 22.3 Å². The number of halogens is 1. The van der Waals surface area contributed by atoms with E-state index in [-0.39, 0.29) is 5.91 Å². The van der Waals surface area contributed by atoms with Crippen molar-refractivity contribution >= 4 is 34.5 Å². The summed E-state index contributed by atoms with van der Waals surface area (Å²) in [5.74, 6) is 0.672. The van der Waals surface area contributed by atoms with Crippen LogP contribution in [0.15, 0.2) is 53.9 Å². The lowest BCUT2D eigenvalue weighted by atomic mass is 10.1. The Morgan fingerprint density at radius 3 is 2.58 bits per heavy atom. The summed E-state index contributed by atoms with van der Waals surface area (Å²) in [6.45, 7) is 5.70. The number of rotatable bonds is 7. The first kappa shape index (κ1) is 21.9. The Balaban J connectivity index is 1.29. The normalized spacial score (nSPS) is 14.4. The summed E-state index contributed by atoms with van der Waals surface area (Å²) >= 11 is 7.48. The molecule has 0 unspecified atom stereocenters. The summed E-state index contributed by atoms with van der Waals surface area (Å²) in [6, 6.07) is 15.7. The number of hydrogen-bond donors (Lipinski definition) is 1. The summed E-state index contributed by atoms with van der Waals surface area (Å²) in [5.41, 5.74) is 4.05. The van der Waals surface area contributed by atoms with Crippen molar-refractivity contribution in [3.05, 3.63) is 80.5 Å². The summed E-state index contributed by atoms with van der Waals surface area (Å²) in [6.07, 6.45) is 3.93. The zero-order chi connectivity index (χ0) is 21.6. The Hall–Kier alpha value is -2.34. The number of carbonyl (C=O) groups excluding carboxylic acids is 1. The van der Waals surface area contributed by atoms with Gasteiger partial charge in [-0.2, -0.15) is 0 Å². The fourth-order valence-corrected chi connectivity index (χ4v) is 4.62. The molecule has 1 fully saturated rings. The van der Waals surface area contributed by atoms with Gasteiger partial charge in [0.25, 0.3) is 5.91 Å². The van der Waals surface area contributed by atoms with Crippen molar-refractivity contribution in [3.63, 3.8) is 0 Å². The van der Waals surface area contributed by atoms with Gasteiger partial charge in [-0.05, 0) is 85.8 Å². The number of amides is 1. The van der Waals surface area contributed by atoms with Gasteiger partial charge in [-0.1, -0.05) is 30.2 Å². The predicted octanol–water partition coefficient (Wildman–Crippen LogP) is 6.53. The van der Waals surface area contributed by atoms with Crippen LogP contribution in [0.2, 0.25) is 5.02 Å². The molecule has 6 heteroatoms. The molecular formula is C25H27ClN2O2S. The average molecular weight is 455 g/mol. The number of aryl methyl sites for hydroxylation is 1. The topological polar surface area (TPSA) is 41.6 Å². The van der Waals surface area contributed by atoms with Gasteiger partial charge >= 0.3 is 0 Å². The minimum absolute atomic E-state index is 0.0950. The first-order chi connectivity index (χ1) is 15.1. The van der Waals surface area contributed by atoms with Crippen molar-refractivity contribution in [1.29, 1.82) is 0 Å². The van der Waals surface area contributed by atoms with Crippen molar-refractivity contribution < 1.29 is 9.53 Å². The summed E-state index contributed by atoms with van der Waals surface area (Å²) in [5, 5.41) is 5.67. The van der Waals surface area contributed by atoms with E-state index in [0.29, 0.717) is 11.5 Å². The summed E-state index contributed by atoms with van der Waals surface area (Å²) in [4.78, 5) is 15.8. The van der Waals surface area contributed by atoms with Gasteiger partial charge in [-0.3, -0.25) is 9.69 Å². The Morgan fingerprint density at radius 2 is 1.84 bits per heavy atom. The lowest BCUT2D eigenvalue weighted by molar-refractivity contribution is 0.103. The van der Waals surface area contributed by atoms with Crippen LogP contribution < -0.4 is 10.1 Å². The highest BCUT2D eigenvalue weighted by Gasteiger charge is 2.12. The highest BCUT2D eigenvalue weighted by molar-refractivity contribution is 7.12. The third kappa shape index (κ3) is 6.10. The number of nitrogens with one attached hydrogen (secondary N) is 1. The SMILES string of the molecule is Cc1cc(OCc2csc(C(=O)Nc3ccc(CN4CCCCC4)cc3)c2)ccc1Cl. The molecule has 3 aromatic rings. The van der Waals surface area contributed by atoms with Crippen LogP contribution in [0.4, 0.5) is 5.69 Å². The third-order valence-corrected chi connectivity index (χ3v) is 6.88. The largest absolute Gasteiger partial charge is 0.489 e. The maximum absolute atomic E-state index is 12.6. The van der Waals surface area contributed by atoms with E-state index in [0.717, 1.165) is 34.1 Å². The van der Waals surface area contributed by atoms with Crippen molar-refractivity contribution in [2.24, 2.45) is 0 Å². The van der Waals surface area contributed by atoms with Gasteiger partial charge in [0.05, 0.1) is 4.88 Å². The minimum Gasteiger partial charge on any atom is -0.489 e. The Morgan fingerprint density at radius 1 is 1.06 bits per heavy atom. The number of likely N-dealkylation sites (tertiary alicyclic amines) is 1. The molecule has 31 heavy (non-hydrogen) atoms. The van der Waals surface area contributed by atoms with Crippen LogP contribution in [0.5, 0.6) is 5.75 Å². The van der Waals surface area contributed by atoms with Crippen LogP contribution in [0, 0.1) is 6.92 Å². The van der Waals surface area contributed by atoms with Crippen LogP contribution in [0.3, 0.4) is 0 Å². The van der Waals surface area contributed by atoms with Gasteiger partial charge in [0, 0.05) is 22.8 Å². The molecule has 0 radical (unpaired) electrons. The lowest BCUT2D eigenvalue weighted by Crippen LogP contribution is -2.29. The summed E-state index contributed by atoms with van der Waals surface area (Å²) < 4.78 is 5.83. The molecule has 0 spiro atoms. The van der Waals surface area contributed by atoms with E-state index >= 15 is 0 Å². The Labute approximate surface area is 192 Å². The number of ether oxygens (including phenoxy) is 1. The van der Waals surface area contributed by atoms with E-state index in [1.807, 2.05) is 48.7 Å². The first-order valence-electron chi connectivity index (χ1n) is 10.7. The van der Waals surface area contributed by atoms with Gasteiger partial charge < -0.3 is 10.1 Å². The number of nitrogens with zero attached hydrogens (tertiary/aromatic N) is 1. The minimum atomic E-state index is -0.0950. The number of benzene rings is 2. The van der Waals surface area contributed by atoms with E-state index in [9.17, 15) is 4.79 Å². The molecule has 1 N–H and O–H groups in total. The number of piperidine rings is 1. The zero-order valence-electron chi connectivity index (χ0n) is 17.7. The van der Waals surface area contributed by atoms with E-state index in [1.54, 1.807) is 0 Å². The molecule has 0 bridgehead atoms. The lowest BCUT2D eigenvalue weighted by Gasteiger charge is -2.26. The first-order valence-corrected chi connectivity index (χ1v) is 11.9. The second-order valence-electron chi connectivity index (χ2n) is 8.01. The molecule has 1 saturated heterocycles. The van der Waals surface area contributed by atoms with Crippen molar-refractivity contribution in [1.82, 2.24) is 4.90 Å². The molecular weight excluding hydrogens is 428 g/mol. The molecule has 1 amide bonds. The molecule has 0 aliphatic carbocycles. The van der Waals surface area contributed by atoms with Crippen LogP contribution in [0.1, 0.15) is 45.6 Å². The fraction of sp³-hybridized carbons (Fsp3) is 0.320. The number of hydrogen-bond acceptors (Lipinski definition) is 4. The maximum atomic E-state index is 12.6. The van der Waals surface area contributed by atoms with Crippen LogP contribution in [0.25, 0.3) is 0 Å². The fourth-order valence-electron chi connectivity index (χ4n) is 3.71. The molecule has 162 valence electrons. The molecule has 2 aromatic carbocycles. The predicted molar refractivity (Wildman–Crippen MR) is 128 cm³/mol. The number of thiophene rings is 1. The second kappa shape index (κ2) is 10.3. The number of anilines is 1. The molecule has 2 heterocycles. The molecule has 4 nitrogen and oxygen atoms in total. The smallest absolute Gasteiger partial charge is 0.265 e. The maximum Gasteiger partial charge on any atom is 0.265 e. The van der Waals surface area contributed by atoms with E-state index in [4.69, 9.17) is 16.3 Å². The quantitative estimate of drug-likeness (QED) is 0.441. The van der Waals surface area contributed by atoms with Gasteiger partial charge in [-0.25, -0.2) is 0 Å². The highest BCUT2D eigenvalue weighted by Crippen LogP contribution is 2.23. The van der Waals surface area contributed by atoms with Crippen molar-refractivity contribution in [2.75, 3.05) is 18.4 Å². The molecule has 0 saturated carbocycles. The Kier molecular flexibility index (Phi) is 7.28. The third-order valence-electron chi connectivity index (χ3n) is 5.48. The van der Waals surface area contributed by atoms with Crippen LogP contribution >= 0.6 is 22.9 Å². The monoisotopic (exact) mass is 454 g/mol. The average Bonchev–Trinajstić information content (AvgIpc) is 3.26. The second-order valence-corrected chi connectivity index (χ2v) is 9.33. The van der Waals surface area contributed by atoms with Crippen molar-refractivity contribution in [2.45, 2.75) is 39.3 Å². The van der Waals surface area contributed by atoms with E-state index < -0.39 is 0 Å². The van der Waals surface area contributed by atoms with Gasteiger partial charge in [0.1, 0.15) is 12.4 Å². The highest BCUT2D eigenvalue weighted by atomic mass is 35.5. The molecule has 1 aliphatic rings. The van der Waals surface area contributed by atoms with Crippen LogP contribution in [-0.4, -0.2) is 23.9 Å². The molecule has 4 rings (SSSR count). The van der Waals surface area contributed by atoms with Gasteiger partial charge in [-0.15, -0.1) is 11.3 Å². The Bertz CT molecular complexity index is 1030. The van der Waals surface area contributed by atoms with Gasteiger partial charge in [0.15, 0.2) is 0 Å². The molecule has 0 atom stereocenters. The summed E-state index contributed by atoms with van der Waals surface area (Å²) in [7, 11) is 0. The van der Waals surface area contributed by atoms with E-state index in [1.165, 1.54) is 49.3 Å². The number of carbonyl (C=O) groups is 1. The van der Waals surface area contributed by atoms with Crippen LogP contribution in [-0.2, 0) is 13.2 Å².